The highest BCUT2D eigenvalue weighted by Crippen LogP contribution is 2.12. The number of hydrogen-bond donors (Lipinski definition) is 1. The first kappa shape index (κ1) is 10.9. The quantitative estimate of drug-likeness (QED) is 0.741. The monoisotopic (exact) mass is 191 g/mol. The number of carbonyl (C=O) groups excluding carboxylic acids is 1. The minimum atomic E-state index is 0.193. The minimum absolute atomic E-state index is 0.193. The van der Waals surface area contributed by atoms with E-state index < -0.39 is 0 Å². The van der Waals surface area contributed by atoms with Crippen LogP contribution in [-0.2, 0) is 0 Å². The van der Waals surface area contributed by atoms with Gasteiger partial charge < -0.3 is 5.73 Å². The Balaban J connectivity index is 2.76. The van der Waals surface area contributed by atoms with Crippen molar-refractivity contribution in [2.24, 2.45) is 5.73 Å². The lowest BCUT2D eigenvalue weighted by Crippen LogP contribution is -2.05. The van der Waals surface area contributed by atoms with Gasteiger partial charge in [-0.2, -0.15) is 0 Å². The fourth-order valence-corrected chi connectivity index (χ4v) is 1.32. The summed E-state index contributed by atoms with van der Waals surface area (Å²) in [6.45, 7) is 4.65. The first-order chi connectivity index (χ1) is 6.65. The molecule has 2 N–H and O–H groups in total. The smallest absolute Gasteiger partial charge is 0.162 e. The summed E-state index contributed by atoms with van der Waals surface area (Å²) in [7, 11) is 0. The van der Waals surface area contributed by atoms with E-state index in [1.54, 1.807) is 0 Å². The molecule has 0 saturated carbocycles. The fraction of sp³-hybridized carbons (Fsp3) is 0.417. The molecule has 0 amide bonds. The maximum Gasteiger partial charge on any atom is 0.162 e. The Morgan fingerprint density at radius 1 is 1.29 bits per heavy atom. The van der Waals surface area contributed by atoms with E-state index in [2.05, 4.69) is 0 Å². The van der Waals surface area contributed by atoms with Crippen molar-refractivity contribution in [3.05, 3.63) is 34.9 Å². The summed E-state index contributed by atoms with van der Waals surface area (Å²) in [5.74, 6) is 0.193. The van der Waals surface area contributed by atoms with Gasteiger partial charge in [0, 0.05) is 12.0 Å². The van der Waals surface area contributed by atoms with Gasteiger partial charge >= 0.3 is 0 Å². The minimum Gasteiger partial charge on any atom is -0.330 e. The third kappa shape index (κ3) is 2.67. The molecule has 14 heavy (non-hydrogen) atoms. The van der Waals surface area contributed by atoms with E-state index >= 15 is 0 Å². The molecule has 76 valence electrons. The lowest BCUT2D eigenvalue weighted by molar-refractivity contribution is 0.0980. The zero-order valence-corrected chi connectivity index (χ0v) is 8.84. The van der Waals surface area contributed by atoms with Gasteiger partial charge in [0.05, 0.1) is 0 Å². The van der Waals surface area contributed by atoms with Gasteiger partial charge in [-0.25, -0.2) is 0 Å². The second-order valence-corrected chi connectivity index (χ2v) is 3.61. The molecule has 0 atom stereocenters. The molecular formula is C12H17NO. The zero-order valence-electron chi connectivity index (χ0n) is 8.84. The van der Waals surface area contributed by atoms with E-state index in [0.29, 0.717) is 13.0 Å². The Bertz CT molecular complexity index is 331. The molecule has 1 aromatic carbocycles. The van der Waals surface area contributed by atoms with Crippen molar-refractivity contribution in [2.75, 3.05) is 6.54 Å². The number of aryl methyl sites for hydroxylation is 2. The standard InChI is InChI=1S/C12H17NO/c1-9-5-6-11(8-10(9)2)12(14)4-3-7-13/h5-6,8H,3-4,7,13H2,1-2H3. The maximum absolute atomic E-state index is 11.6. The molecule has 1 aromatic rings. The van der Waals surface area contributed by atoms with Crippen LogP contribution in [0.1, 0.15) is 34.3 Å². The number of benzene rings is 1. The van der Waals surface area contributed by atoms with E-state index in [1.165, 1.54) is 11.1 Å². The highest BCUT2D eigenvalue weighted by molar-refractivity contribution is 5.96. The summed E-state index contributed by atoms with van der Waals surface area (Å²) in [5.41, 5.74) is 8.56. The van der Waals surface area contributed by atoms with Crippen LogP contribution < -0.4 is 5.73 Å². The van der Waals surface area contributed by atoms with Crippen LogP contribution in [0.15, 0.2) is 18.2 Å². The van der Waals surface area contributed by atoms with Gasteiger partial charge in [-0.05, 0) is 44.0 Å². The zero-order chi connectivity index (χ0) is 10.6. The molecule has 0 unspecified atom stereocenters. The van der Waals surface area contributed by atoms with Crippen LogP contribution in [0.3, 0.4) is 0 Å². The lowest BCUT2D eigenvalue weighted by Gasteiger charge is -2.03. The van der Waals surface area contributed by atoms with Crippen LogP contribution in [-0.4, -0.2) is 12.3 Å². The molecule has 0 radical (unpaired) electrons. The molecule has 0 aromatic heterocycles. The second-order valence-electron chi connectivity index (χ2n) is 3.61. The highest BCUT2D eigenvalue weighted by atomic mass is 16.1. The van der Waals surface area contributed by atoms with Crippen LogP contribution in [0.25, 0.3) is 0 Å². The van der Waals surface area contributed by atoms with E-state index in [9.17, 15) is 4.79 Å². The van der Waals surface area contributed by atoms with Crippen molar-refractivity contribution in [3.63, 3.8) is 0 Å². The summed E-state index contributed by atoms with van der Waals surface area (Å²) < 4.78 is 0. The van der Waals surface area contributed by atoms with Crippen molar-refractivity contribution >= 4 is 5.78 Å². The molecule has 0 heterocycles. The first-order valence-electron chi connectivity index (χ1n) is 4.95. The molecule has 2 nitrogen and oxygen atoms in total. The summed E-state index contributed by atoms with van der Waals surface area (Å²) in [4.78, 5) is 11.6. The van der Waals surface area contributed by atoms with Crippen LogP contribution in [0.5, 0.6) is 0 Å². The van der Waals surface area contributed by atoms with Gasteiger partial charge in [0.15, 0.2) is 5.78 Å². The third-order valence-electron chi connectivity index (χ3n) is 2.44. The number of nitrogens with two attached hydrogens (primary N) is 1. The van der Waals surface area contributed by atoms with Crippen LogP contribution in [0.2, 0.25) is 0 Å². The molecule has 2 heteroatoms. The van der Waals surface area contributed by atoms with Gasteiger partial charge in [-0.1, -0.05) is 12.1 Å². The van der Waals surface area contributed by atoms with E-state index in [-0.39, 0.29) is 5.78 Å². The van der Waals surface area contributed by atoms with E-state index in [4.69, 9.17) is 5.73 Å². The Morgan fingerprint density at radius 2 is 2.00 bits per heavy atom. The predicted molar refractivity (Wildman–Crippen MR) is 58.5 cm³/mol. The fourth-order valence-electron chi connectivity index (χ4n) is 1.32. The second kappa shape index (κ2) is 4.91. The number of rotatable bonds is 4. The van der Waals surface area contributed by atoms with Crippen LogP contribution in [0.4, 0.5) is 0 Å². The number of hydrogen-bond acceptors (Lipinski definition) is 2. The Morgan fingerprint density at radius 3 is 2.57 bits per heavy atom. The van der Waals surface area contributed by atoms with Crippen LogP contribution in [0, 0.1) is 13.8 Å². The normalized spacial score (nSPS) is 10.2. The lowest BCUT2D eigenvalue weighted by atomic mass is 10.0. The average molecular weight is 191 g/mol. The molecule has 0 aliphatic rings. The molecule has 0 spiro atoms. The topological polar surface area (TPSA) is 43.1 Å². The SMILES string of the molecule is Cc1ccc(C(=O)CCCN)cc1C. The van der Waals surface area contributed by atoms with Crippen molar-refractivity contribution in [1.29, 1.82) is 0 Å². The molecule has 0 saturated heterocycles. The van der Waals surface area contributed by atoms with Gasteiger partial charge in [0.2, 0.25) is 0 Å². The first-order valence-corrected chi connectivity index (χ1v) is 4.95. The van der Waals surface area contributed by atoms with Crippen molar-refractivity contribution in [2.45, 2.75) is 26.7 Å². The van der Waals surface area contributed by atoms with Crippen molar-refractivity contribution < 1.29 is 4.79 Å². The number of Topliss-reactive ketones (excluding diaryl/α,β-unsaturated/α-hetero) is 1. The van der Waals surface area contributed by atoms with Crippen LogP contribution >= 0.6 is 0 Å². The third-order valence-corrected chi connectivity index (χ3v) is 2.44. The van der Waals surface area contributed by atoms with Gasteiger partial charge in [0.1, 0.15) is 0 Å². The summed E-state index contributed by atoms with van der Waals surface area (Å²) >= 11 is 0. The van der Waals surface area contributed by atoms with E-state index in [1.807, 2.05) is 32.0 Å². The Kier molecular flexibility index (Phi) is 3.84. The molecule has 0 bridgehead atoms. The van der Waals surface area contributed by atoms with Crippen molar-refractivity contribution in [1.82, 2.24) is 0 Å². The molecule has 0 aliphatic carbocycles. The van der Waals surface area contributed by atoms with E-state index in [0.717, 1.165) is 12.0 Å². The maximum atomic E-state index is 11.6. The molecule has 0 fully saturated rings. The predicted octanol–water partition coefficient (Wildman–Crippen LogP) is 2.23. The summed E-state index contributed by atoms with van der Waals surface area (Å²) in [6.07, 6.45) is 1.32. The van der Waals surface area contributed by atoms with Gasteiger partial charge in [-0.15, -0.1) is 0 Å². The largest absolute Gasteiger partial charge is 0.330 e. The van der Waals surface area contributed by atoms with Gasteiger partial charge in [-0.3, -0.25) is 4.79 Å². The average Bonchev–Trinajstić information content (AvgIpc) is 2.18. The Hall–Kier alpha value is -1.15. The summed E-state index contributed by atoms with van der Waals surface area (Å²) in [5, 5.41) is 0. The molecule has 0 aliphatic heterocycles. The Labute approximate surface area is 85.1 Å². The number of carbonyl (C=O) groups is 1. The number of ketones is 1. The molecular weight excluding hydrogens is 174 g/mol. The van der Waals surface area contributed by atoms with Crippen molar-refractivity contribution in [3.8, 4) is 0 Å². The summed E-state index contributed by atoms with van der Waals surface area (Å²) in [6, 6.07) is 5.83. The highest BCUT2D eigenvalue weighted by Gasteiger charge is 2.05. The molecule has 1 rings (SSSR count). The van der Waals surface area contributed by atoms with Gasteiger partial charge in [0.25, 0.3) is 0 Å².